The number of amides is 2. The summed E-state index contributed by atoms with van der Waals surface area (Å²) in [6.07, 6.45) is 4.41. The third kappa shape index (κ3) is 6.09. The Balaban J connectivity index is 1.77. The lowest BCUT2D eigenvalue weighted by Crippen LogP contribution is -2.47. The molecular formula is C21H27N3O3. The van der Waals surface area contributed by atoms with Crippen LogP contribution in [0, 0.1) is 19.3 Å². The van der Waals surface area contributed by atoms with Crippen LogP contribution in [-0.4, -0.2) is 23.4 Å². The zero-order chi connectivity index (χ0) is 19.9. The molecule has 144 valence electrons. The molecule has 2 rings (SSSR count). The summed E-state index contributed by atoms with van der Waals surface area (Å²) in [5, 5.41) is 0. The molecule has 0 unspecified atom stereocenters. The van der Waals surface area contributed by atoms with Crippen LogP contribution in [0.5, 0.6) is 5.75 Å². The van der Waals surface area contributed by atoms with E-state index in [9.17, 15) is 9.59 Å². The maximum Gasteiger partial charge on any atom is 0.269 e. The molecule has 6 heteroatoms. The van der Waals surface area contributed by atoms with E-state index in [1.807, 2.05) is 39.8 Å². The molecule has 2 aromatic rings. The number of benzene rings is 1. The van der Waals surface area contributed by atoms with E-state index in [0.29, 0.717) is 18.6 Å². The van der Waals surface area contributed by atoms with Crippen molar-refractivity contribution >= 4 is 11.8 Å². The van der Waals surface area contributed by atoms with Gasteiger partial charge >= 0.3 is 0 Å². The number of carbonyl (C=O) groups is 2. The highest BCUT2D eigenvalue weighted by atomic mass is 16.5. The molecule has 1 aromatic carbocycles. The first-order valence-corrected chi connectivity index (χ1v) is 9.00. The minimum Gasteiger partial charge on any atom is -0.493 e. The van der Waals surface area contributed by atoms with E-state index >= 15 is 0 Å². The average molecular weight is 369 g/mol. The Morgan fingerprint density at radius 2 is 1.78 bits per heavy atom. The molecule has 2 N–H and O–H groups in total. The molecule has 2 amide bonds. The maximum atomic E-state index is 12.4. The average Bonchev–Trinajstić information content (AvgIpc) is 2.66. The molecule has 0 saturated carbocycles. The Labute approximate surface area is 160 Å². The summed E-state index contributed by atoms with van der Waals surface area (Å²) in [6.45, 7) is 8.26. The number of aryl methyl sites for hydroxylation is 2. The molecule has 0 radical (unpaired) electrons. The lowest BCUT2D eigenvalue weighted by Gasteiger charge is -2.23. The van der Waals surface area contributed by atoms with Crippen LogP contribution >= 0.6 is 0 Å². The van der Waals surface area contributed by atoms with Crippen molar-refractivity contribution in [3.63, 3.8) is 0 Å². The molecule has 0 bridgehead atoms. The van der Waals surface area contributed by atoms with Crippen molar-refractivity contribution in [3.8, 4) is 5.75 Å². The summed E-state index contributed by atoms with van der Waals surface area (Å²) in [4.78, 5) is 28.2. The first-order chi connectivity index (χ1) is 12.8. The fourth-order valence-corrected chi connectivity index (χ4v) is 2.53. The number of nitrogens with one attached hydrogen (secondary N) is 2. The van der Waals surface area contributed by atoms with Gasteiger partial charge in [0, 0.05) is 23.4 Å². The van der Waals surface area contributed by atoms with Gasteiger partial charge in [0.15, 0.2) is 0 Å². The van der Waals surface area contributed by atoms with Crippen molar-refractivity contribution in [1.29, 1.82) is 0 Å². The molecule has 27 heavy (non-hydrogen) atoms. The standard InChI is InChI=1S/C21H27N3O3/c1-15-6-7-16(2)18(14-15)27-13-5-10-21(3,4)20(26)24-23-19(25)17-8-11-22-12-9-17/h6-9,11-12,14H,5,10,13H2,1-4H3,(H,23,25)(H,24,26). The van der Waals surface area contributed by atoms with Crippen LogP contribution in [0.4, 0.5) is 0 Å². The number of carbonyl (C=O) groups excluding carboxylic acids is 2. The minimum absolute atomic E-state index is 0.239. The number of hydrogen-bond donors (Lipinski definition) is 2. The number of pyridine rings is 1. The van der Waals surface area contributed by atoms with Gasteiger partial charge in [-0.1, -0.05) is 26.0 Å². The molecule has 0 saturated heterocycles. The third-order valence-electron chi connectivity index (χ3n) is 4.39. The predicted octanol–water partition coefficient (Wildman–Crippen LogP) is 3.34. The number of hydrazine groups is 1. The molecule has 0 aliphatic rings. The van der Waals surface area contributed by atoms with Crippen molar-refractivity contribution in [3.05, 3.63) is 59.4 Å². The normalized spacial score (nSPS) is 11.0. The highest BCUT2D eigenvalue weighted by Gasteiger charge is 2.27. The summed E-state index contributed by atoms with van der Waals surface area (Å²) in [5.41, 5.74) is 6.99. The van der Waals surface area contributed by atoms with Crippen LogP contribution in [0.3, 0.4) is 0 Å². The van der Waals surface area contributed by atoms with E-state index in [-0.39, 0.29) is 11.8 Å². The van der Waals surface area contributed by atoms with Gasteiger partial charge < -0.3 is 4.74 Å². The van der Waals surface area contributed by atoms with Crippen molar-refractivity contribution in [2.75, 3.05) is 6.61 Å². The Kier molecular flexibility index (Phi) is 6.93. The summed E-state index contributed by atoms with van der Waals surface area (Å²) >= 11 is 0. The van der Waals surface area contributed by atoms with Gasteiger partial charge in [0.1, 0.15) is 5.75 Å². The topological polar surface area (TPSA) is 80.3 Å². The van der Waals surface area contributed by atoms with Gasteiger partial charge in [-0.3, -0.25) is 25.4 Å². The lowest BCUT2D eigenvalue weighted by atomic mass is 9.87. The number of aromatic nitrogens is 1. The van der Waals surface area contributed by atoms with Gasteiger partial charge in [-0.15, -0.1) is 0 Å². The van der Waals surface area contributed by atoms with Crippen molar-refractivity contribution in [2.24, 2.45) is 5.41 Å². The van der Waals surface area contributed by atoms with E-state index in [4.69, 9.17) is 4.74 Å². The van der Waals surface area contributed by atoms with Crippen LogP contribution < -0.4 is 15.6 Å². The Morgan fingerprint density at radius 3 is 2.48 bits per heavy atom. The Hall–Kier alpha value is -2.89. The molecule has 0 atom stereocenters. The third-order valence-corrected chi connectivity index (χ3v) is 4.39. The van der Waals surface area contributed by atoms with E-state index in [2.05, 4.69) is 21.9 Å². The zero-order valence-electron chi connectivity index (χ0n) is 16.3. The lowest BCUT2D eigenvalue weighted by molar-refractivity contribution is -0.130. The SMILES string of the molecule is Cc1ccc(C)c(OCCCC(C)(C)C(=O)NNC(=O)c2ccncc2)c1. The highest BCUT2D eigenvalue weighted by molar-refractivity contribution is 5.95. The largest absolute Gasteiger partial charge is 0.493 e. The highest BCUT2D eigenvalue weighted by Crippen LogP contribution is 2.24. The second kappa shape index (κ2) is 9.16. The maximum absolute atomic E-state index is 12.4. The number of hydrogen-bond acceptors (Lipinski definition) is 4. The monoisotopic (exact) mass is 369 g/mol. The van der Waals surface area contributed by atoms with Crippen LogP contribution in [0.25, 0.3) is 0 Å². The van der Waals surface area contributed by atoms with E-state index in [1.165, 1.54) is 12.4 Å². The van der Waals surface area contributed by atoms with E-state index < -0.39 is 5.41 Å². The predicted molar refractivity (Wildman–Crippen MR) is 104 cm³/mol. The van der Waals surface area contributed by atoms with Crippen LogP contribution in [-0.2, 0) is 4.79 Å². The molecule has 0 fully saturated rings. The summed E-state index contributed by atoms with van der Waals surface area (Å²) in [7, 11) is 0. The van der Waals surface area contributed by atoms with E-state index in [1.54, 1.807) is 12.1 Å². The molecular weight excluding hydrogens is 342 g/mol. The van der Waals surface area contributed by atoms with Gasteiger partial charge in [0.2, 0.25) is 5.91 Å². The fraction of sp³-hybridized carbons (Fsp3) is 0.381. The smallest absolute Gasteiger partial charge is 0.269 e. The number of ether oxygens (including phenoxy) is 1. The first kappa shape index (κ1) is 20.4. The van der Waals surface area contributed by atoms with E-state index in [0.717, 1.165) is 23.3 Å². The van der Waals surface area contributed by atoms with Gasteiger partial charge in [-0.25, -0.2) is 0 Å². The summed E-state index contributed by atoms with van der Waals surface area (Å²) in [6, 6.07) is 9.26. The molecule has 1 aromatic heterocycles. The minimum atomic E-state index is -0.628. The summed E-state index contributed by atoms with van der Waals surface area (Å²) in [5.74, 6) is 0.262. The van der Waals surface area contributed by atoms with Crippen molar-refractivity contribution in [1.82, 2.24) is 15.8 Å². The van der Waals surface area contributed by atoms with Gasteiger partial charge in [0.05, 0.1) is 6.61 Å². The van der Waals surface area contributed by atoms with Crippen LogP contribution in [0.2, 0.25) is 0 Å². The van der Waals surface area contributed by atoms with Crippen molar-refractivity contribution in [2.45, 2.75) is 40.5 Å². The van der Waals surface area contributed by atoms with Crippen LogP contribution in [0.15, 0.2) is 42.7 Å². The van der Waals surface area contributed by atoms with Crippen molar-refractivity contribution < 1.29 is 14.3 Å². The quantitative estimate of drug-likeness (QED) is 0.579. The molecule has 6 nitrogen and oxygen atoms in total. The first-order valence-electron chi connectivity index (χ1n) is 9.00. The van der Waals surface area contributed by atoms with Gasteiger partial charge in [0.25, 0.3) is 5.91 Å². The molecule has 1 heterocycles. The summed E-state index contributed by atoms with van der Waals surface area (Å²) < 4.78 is 5.84. The Bertz CT molecular complexity index is 789. The van der Waals surface area contributed by atoms with Crippen LogP contribution in [0.1, 0.15) is 48.2 Å². The van der Waals surface area contributed by atoms with Gasteiger partial charge in [-0.05, 0) is 56.0 Å². The second-order valence-corrected chi connectivity index (χ2v) is 7.25. The molecule has 0 aliphatic heterocycles. The number of rotatable bonds is 7. The fourth-order valence-electron chi connectivity index (χ4n) is 2.53. The molecule has 0 spiro atoms. The number of nitrogens with zero attached hydrogens (tertiary/aromatic N) is 1. The Morgan fingerprint density at radius 1 is 1.07 bits per heavy atom. The second-order valence-electron chi connectivity index (χ2n) is 7.25. The zero-order valence-corrected chi connectivity index (χ0v) is 16.3. The molecule has 0 aliphatic carbocycles. The van der Waals surface area contributed by atoms with Gasteiger partial charge in [-0.2, -0.15) is 0 Å².